The Morgan fingerprint density at radius 1 is 1.12 bits per heavy atom. The van der Waals surface area contributed by atoms with Gasteiger partial charge < -0.3 is 19.5 Å². The molecule has 1 aliphatic heterocycles. The first kappa shape index (κ1) is 22.4. The van der Waals surface area contributed by atoms with Gasteiger partial charge >= 0.3 is 12.1 Å². The molecule has 1 amide bonds. The highest BCUT2D eigenvalue weighted by molar-refractivity contribution is 5.86. The quantitative estimate of drug-likeness (QED) is 0.402. The molecule has 0 bridgehead atoms. The topological polar surface area (TPSA) is 77.1 Å². The molecule has 7 heteroatoms. The van der Waals surface area contributed by atoms with Gasteiger partial charge in [-0.25, -0.2) is 9.59 Å². The normalized spacial score (nSPS) is 19.6. The van der Waals surface area contributed by atoms with E-state index in [1.54, 1.807) is 6.92 Å². The highest BCUT2D eigenvalue weighted by Crippen LogP contribution is 2.38. The van der Waals surface area contributed by atoms with E-state index >= 15 is 0 Å². The second-order valence-electron chi connectivity index (χ2n) is 8.07. The zero-order chi connectivity index (χ0) is 20.0. The van der Waals surface area contributed by atoms with E-state index in [1.807, 2.05) is 0 Å². The molecule has 0 saturated carbocycles. The zero-order valence-electron chi connectivity index (χ0n) is 17.0. The van der Waals surface area contributed by atoms with Gasteiger partial charge in [-0.05, 0) is 41.7 Å². The van der Waals surface area contributed by atoms with Crippen molar-refractivity contribution in [3.63, 3.8) is 0 Å². The number of rotatable bonds is 8. The molecule has 1 N–H and O–H groups in total. The van der Waals surface area contributed by atoms with Crippen LogP contribution in [0.25, 0.3) is 0 Å². The monoisotopic (exact) mass is 370 g/mol. The van der Waals surface area contributed by atoms with Crippen LogP contribution in [0.1, 0.15) is 47.5 Å². The predicted molar refractivity (Wildman–Crippen MR) is 100 cm³/mol. The first-order chi connectivity index (χ1) is 12.0. The SMILES string of the molecule is C=C(C)C(=O)OCCOCCNC(=O)OC1CC(C)(C)N(C)C(C)(C)C1. The third-order valence-corrected chi connectivity index (χ3v) is 4.87. The Morgan fingerprint density at radius 2 is 1.69 bits per heavy atom. The summed E-state index contributed by atoms with van der Waals surface area (Å²) in [5.41, 5.74) is 0.295. The largest absolute Gasteiger partial charge is 0.460 e. The van der Waals surface area contributed by atoms with Gasteiger partial charge in [-0.1, -0.05) is 6.58 Å². The highest BCUT2D eigenvalue weighted by Gasteiger charge is 2.44. The fourth-order valence-electron chi connectivity index (χ4n) is 3.20. The molecule has 1 rings (SSSR count). The van der Waals surface area contributed by atoms with Gasteiger partial charge in [0.15, 0.2) is 0 Å². The van der Waals surface area contributed by atoms with Crippen LogP contribution < -0.4 is 5.32 Å². The molecule has 150 valence electrons. The van der Waals surface area contributed by atoms with Crippen LogP contribution in [0.3, 0.4) is 0 Å². The second kappa shape index (κ2) is 9.37. The molecular weight excluding hydrogens is 336 g/mol. The first-order valence-corrected chi connectivity index (χ1v) is 9.04. The number of carbonyl (C=O) groups is 2. The van der Waals surface area contributed by atoms with Crippen LogP contribution in [0, 0.1) is 0 Å². The van der Waals surface area contributed by atoms with Crippen LogP contribution in [-0.2, 0) is 19.0 Å². The van der Waals surface area contributed by atoms with Crippen LogP contribution >= 0.6 is 0 Å². The lowest BCUT2D eigenvalue weighted by atomic mass is 9.79. The van der Waals surface area contributed by atoms with Gasteiger partial charge in [0.2, 0.25) is 0 Å². The average Bonchev–Trinajstić information content (AvgIpc) is 2.50. The predicted octanol–water partition coefficient (Wildman–Crippen LogP) is 2.50. The smallest absolute Gasteiger partial charge is 0.407 e. The fraction of sp³-hybridized carbons (Fsp3) is 0.789. The standard InChI is InChI=1S/C19H34N2O5/c1-14(2)16(22)25-11-10-24-9-8-20-17(23)26-15-12-18(3,4)21(7)19(5,6)13-15/h15H,1,8-13H2,2-7H3,(H,20,23). The lowest BCUT2D eigenvalue weighted by molar-refractivity contribution is -0.140. The van der Waals surface area contributed by atoms with Gasteiger partial charge in [-0.15, -0.1) is 0 Å². The minimum absolute atomic E-state index is 0.0307. The van der Waals surface area contributed by atoms with Crippen molar-refractivity contribution in [2.24, 2.45) is 0 Å². The number of esters is 1. The van der Waals surface area contributed by atoms with Gasteiger partial charge in [-0.2, -0.15) is 0 Å². The number of amides is 1. The van der Waals surface area contributed by atoms with Crippen LogP contribution in [0.4, 0.5) is 4.79 Å². The van der Waals surface area contributed by atoms with Crippen molar-refractivity contribution in [3.8, 4) is 0 Å². The van der Waals surface area contributed by atoms with E-state index in [2.05, 4.69) is 51.5 Å². The van der Waals surface area contributed by atoms with E-state index in [9.17, 15) is 9.59 Å². The lowest BCUT2D eigenvalue weighted by Crippen LogP contribution is -2.60. The van der Waals surface area contributed by atoms with E-state index in [1.165, 1.54) is 0 Å². The summed E-state index contributed by atoms with van der Waals surface area (Å²) >= 11 is 0. The van der Waals surface area contributed by atoms with Gasteiger partial charge in [0, 0.05) is 36.0 Å². The van der Waals surface area contributed by atoms with Crippen LogP contribution in [0.15, 0.2) is 12.2 Å². The van der Waals surface area contributed by atoms with E-state index in [0.29, 0.717) is 18.7 Å². The Kier molecular flexibility index (Phi) is 8.09. The molecule has 1 aliphatic rings. The second-order valence-corrected chi connectivity index (χ2v) is 8.07. The van der Waals surface area contributed by atoms with Crippen LogP contribution in [0.2, 0.25) is 0 Å². The molecule has 1 saturated heterocycles. The molecule has 0 atom stereocenters. The maximum atomic E-state index is 12.0. The number of nitrogens with zero attached hydrogens (tertiary/aromatic N) is 1. The summed E-state index contributed by atoms with van der Waals surface area (Å²) < 4.78 is 15.8. The molecule has 1 fully saturated rings. The number of nitrogens with one attached hydrogen (secondary N) is 1. The van der Waals surface area contributed by atoms with Crippen molar-refractivity contribution in [1.82, 2.24) is 10.2 Å². The molecule has 0 spiro atoms. The summed E-state index contributed by atoms with van der Waals surface area (Å²) in [7, 11) is 2.11. The van der Waals surface area contributed by atoms with Crippen molar-refractivity contribution in [1.29, 1.82) is 0 Å². The summed E-state index contributed by atoms with van der Waals surface area (Å²) in [6, 6.07) is 0. The van der Waals surface area contributed by atoms with E-state index in [4.69, 9.17) is 14.2 Å². The zero-order valence-corrected chi connectivity index (χ0v) is 17.0. The Hall–Kier alpha value is -1.60. The number of carbonyl (C=O) groups excluding carboxylic acids is 2. The number of ether oxygens (including phenoxy) is 3. The van der Waals surface area contributed by atoms with Crippen LogP contribution in [-0.4, -0.2) is 67.6 Å². The molecule has 0 unspecified atom stereocenters. The van der Waals surface area contributed by atoms with Crippen molar-refractivity contribution < 1.29 is 23.8 Å². The molecule has 26 heavy (non-hydrogen) atoms. The minimum Gasteiger partial charge on any atom is -0.460 e. The van der Waals surface area contributed by atoms with Crippen molar-refractivity contribution in [2.45, 2.75) is 64.6 Å². The lowest BCUT2D eigenvalue weighted by Gasteiger charge is -2.53. The number of hydrogen-bond donors (Lipinski definition) is 1. The van der Waals surface area contributed by atoms with Crippen molar-refractivity contribution in [3.05, 3.63) is 12.2 Å². The maximum Gasteiger partial charge on any atom is 0.407 e. The number of likely N-dealkylation sites (tertiary alicyclic amines) is 1. The van der Waals surface area contributed by atoms with Crippen LogP contribution in [0.5, 0.6) is 0 Å². The highest BCUT2D eigenvalue weighted by atomic mass is 16.6. The number of piperidine rings is 1. The van der Waals surface area contributed by atoms with Gasteiger partial charge in [0.1, 0.15) is 12.7 Å². The van der Waals surface area contributed by atoms with E-state index < -0.39 is 12.1 Å². The molecule has 0 radical (unpaired) electrons. The average molecular weight is 370 g/mol. The van der Waals surface area contributed by atoms with E-state index in [0.717, 1.165) is 12.8 Å². The van der Waals surface area contributed by atoms with E-state index in [-0.39, 0.29) is 30.4 Å². The molecule has 0 aromatic heterocycles. The molecule has 0 aliphatic carbocycles. The molecule has 0 aromatic rings. The summed E-state index contributed by atoms with van der Waals surface area (Å²) in [6.07, 6.45) is 1.05. The maximum absolute atomic E-state index is 12.0. The van der Waals surface area contributed by atoms with Gasteiger partial charge in [0.25, 0.3) is 0 Å². The van der Waals surface area contributed by atoms with Crippen molar-refractivity contribution in [2.75, 3.05) is 33.4 Å². The number of hydrogen-bond acceptors (Lipinski definition) is 6. The van der Waals surface area contributed by atoms with Gasteiger partial charge in [-0.3, -0.25) is 4.90 Å². The molecular formula is C19H34N2O5. The first-order valence-electron chi connectivity index (χ1n) is 9.04. The third-order valence-electron chi connectivity index (χ3n) is 4.87. The van der Waals surface area contributed by atoms with Crippen molar-refractivity contribution >= 4 is 12.1 Å². The Morgan fingerprint density at radius 3 is 2.23 bits per heavy atom. The summed E-state index contributed by atoms with van der Waals surface area (Å²) in [6.45, 7) is 14.8. The molecule has 7 nitrogen and oxygen atoms in total. The summed E-state index contributed by atoms with van der Waals surface area (Å²) in [5, 5.41) is 2.69. The Balaban J connectivity index is 2.21. The fourth-order valence-corrected chi connectivity index (χ4v) is 3.20. The Labute approximate surface area is 157 Å². The summed E-state index contributed by atoms with van der Waals surface area (Å²) in [5.74, 6) is -0.431. The molecule has 0 aromatic carbocycles. The Bertz CT molecular complexity index is 498. The molecule has 1 heterocycles. The number of alkyl carbamates (subject to hydrolysis) is 1. The third kappa shape index (κ3) is 6.96. The minimum atomic E-state index is -0.431. The van der Waals surface area contributed by atoms with Gasteiger partial charge in [0.05, 0.1) is 13.2 Å². The summed E-state index contributed by atoms with van der Waals surface area (Å²) in [4.78, 5) is 25.5.